The molecule has 4 bridgehead atoms. The lowest BCUT2D eigenvalue weighted by Crippen LogP contribution is -2.45. The summed E-state index contributed by atoms with van der Waals surface area (Å²) in [6.07, 6.45) is 5.29. The van der Waals surface area contributed by atoms with E-state index in [4.69, 9.17) is 9.47 Å². The lowest BCUT2D eigenvalue weighted by molar-refractivity contribution is -0.166. The second-order valence-corrected chi connectivity index (χ2v) is 4.79. The number of hydrogen-bond acceptors (Lipinski definition) is 3. The maximum atomic E-state index is 12.0. The van der Waals surface area contributed by atoms with Gasteiger partial charge in [-0.05, 0) is 18.3 Å². The summed E-state index contributed by atoms with van der Waals surface area (Å²) in [5.74, 6) is 1.86. The molecule has 2 unspecified atom stereocenters. The molecule has 74 valence electrons. The molecule has 3 heteroatoms. The highest BCUT2D eigenvalue weighted by atomic mass is 16.7. The molecule has 0 aromatic heterocycles. The molecule has 6 atom stereocenters. The number of ether oxygens (including phenoxy) is 2. The van der Waals surface area contributed by atoms with Gasteiger partial charge in [-0.2, -0.15) is 0 Å². The molecule has 2 aliphatic carbocycles. The van der Waals surface area contributed by atoms with Crippen LogP contribution in [0, 0.1) is 23.7 Å². The summed E-state index contributed by atoms with van der Waals surface area (Å²) < 4.78 is 10.9. The molecule has 0 aromatic rings. The zero-order chi connectivity index (χ0) is 9.28. The fourth-order valence-corrected chi connectivity index (χ4v) is 3.70. The molecule has 4 aliphatic rings. The standard InChI is InChI=1S/C11H12O3/c12-10-9-6-2-1-5(3-6)8(9)7-4-13-11(10)14-7/h1-2,5-9,11H,3-4H2/t5?,6?,7-,8-,9-,11-/m1/s1. The van der Waals surface area contributed by atoms with Crippen LogP contribution in [0.3, 0.4) is 0 Å². The summed E-state index contributed by atoms with van der Waals surface area (Å²) >= 11 is 0. The van der Waals surface area contributed by atoms with Crippen molar-refractivity contribution in [3.05, 3.63) is 12.2 Å². The fourth-order valence-electron chi connectivity index (χ4n) is 3.70. The van der Waals surface area contributed by atoms with Crippen LogP contribution >= 0.6 is 0 Å². The molecule has 2 heterocycles. The van der Waals surface area contributed by atoms with Crippen LogP contribution in [-0.2, 0) is 14.3 Å². The number of rotatable bonds is 0. The largest absolute Gasteiger partial charge is 0.343 e. The minimum atomic E-state index is -0.533. The van der Waals surface area contributed by atoms with Gasteiger partial charge in [-0.3, -0.25) is 4.79 Å². The van der Waals surface area contributed by atoms with Gasteiger partial charge in [0.15, 0.2) is 5.78 Å². The van der Waals surface area contributed by atoms with Gasteiger partial charge in [0, 0.05) is 11.8 Å². The lowest BCUT2D eigenvalue weighted by atomic mass is 9.76. The van der Waals surface area contributed by atoms with Crippen molar-refractivity contribution in [3.8, 4) is 0 Å². The maximum Gasteiger partial charge on any atom is 0.218 e. The number of carbonyl (C=O) groups excluding carboxylic acids is 1. The summed E-state index contributed by atoms with van der Waals surface area (Å²) in [6.45, 7) is 0.620. The number of allylic oxidation sites excluding steroid dienone is 2. The Bertz CT molecular complexity index is 335. The van der Waals surface area contributed by atoms with Crippen LogP contribution in [0.15, 0.2) is 12.2 Å². The molecule has 0 amide bonds. The molecule has 1 saturated carbocycles. The molecule has 3 nitrogen and oxygen atoms in total. The Kier molecular flexibility index (Phi) is 1.24. The first-order valence-electron chi connectivity index (χ1n) is 5.34. The molecule has 4 rings (SSSR count). The van der Waals surface area contributed by atoms with Crippen molar-refractivity contribution in [2.75, 3.05) is 6.61 Å². The fraction of sp³-hybridized carbons (Fsp3) is 0.727. The van der Waals surface area contributed by atoms with Gasteiger partial charge < -0.3 is 9.47 Å². The summed E-state index contributed by atoms with van der Waals surface area (Å²) in [5, 5.41) is 0. The van der Waals surface area contributed by atoms with Crippen molar-refractivity contribution >= 4 is 5.78 Å². The van der Waals surface area contributed by atoms with Gasteiger partial charge in [0.25, 0.3) is 0 Å². The van der Waals surface area contributed by atoms with E-state index in [9.17, 15) is 4.79 Å². The van der Waals surface area contributed by atoms with Crippen LogP contribution in [0.25, 0.3) is 0 Å². The Labute approximate surface area is 82.1 Å². The van der Waals surface area contributed by atoms with E-state index in [1.54, 1.807) is 0 Å². The SMILES string of the molecule is O=C1[C@@H]2OC[C@@H](O2)[C@H]2C3C=CC(C3)[C@@H]12. The van der Waals surface area contributed by atoms with Crippen molar-refractivity contribution in [1.82, 2.24) is 0 Å². The molecule has 3 fully saturated rings. The van der Waals surface area contributed by atoms with Crippen molar-refractivity contribution in [2.45, 2.75) is 18.8 Å². The Morgan fingerprint density at radius 3 is 3.07 bits per heavy atom. The summed E-state index contributed by atoms with van der Waals surface area (Å²) in [4.78, 5) is 12.0. The summed E-state index contributed by atoms with van der Waals surface area (Å²) in [7, 11) is 0. The van der Waals surface area contributed by atoms with Crippen molar-refractivity contribution < 1.29 is 14.3 Å². The minimum absolute atomic E-state index is 0.183. The average molecular weight is 192 g/mol. The third-order valence-corrected chi connectivity index (χ3v) is 4.22. The van der Waals surface area contributed by atoms with Crippen LogP contribution < -0.4 is 0 Å². The molecule has 0 N–H and O–H groups in total. The monoisotopic (exact) mass is 192 g/mol. The van der Waals surface area contributed by atoms with E-state index in [2.05, 4.69) is 12.2 Å². The second kappa shape index (κ2) is 2.28. The second-order valence-electron chi connectivity index (χ2n) is 4.79. The Morgan fingerprint density at radius 2 is 2.14 bits per heavy atom. The zero-order valence-electron chi connectivity index (χ0n) is 7.76. The van der Waals surface area contributed by atoms with Gasteiger partial charge in [-0.1, -0.05) is 12.2 Å². The number of fused-ring (bicyclic) bond motifs is 8. The first-order chi connectivity index (χ1) is 6.84. The van der Waals surface area contributed by atoms with Crippen molar-refractivity contribution in [1.29, 1.82) is 0 Å². The van der Waals surface area contributed by atoms with Gasteiger partial charge in [0.1, 0.15) is 0 Å². The molecular formula is C11H12O3. The number of ketones is 1. The van der Waals surface area contributed by atoms with Crippen molar-refractivity contribution in [3.63, 3.8) is 0 Å². The van der Waals surface area contributed by atoms with Crippen LogP contribution in [-0.4, -0.2) is 24.8 Å². The molecule has 0 aromatic carbocycles. The maximum absolute atomic E-state index is 12.0. The highest BCUT2D eigenvalue weighted by Crippen LogP contribution is 2.54. The molecule has 2 aliphatic heterocycles. The van der Waals surface area contributed by atoms with E-state index >= 15 is 0 Å². The Balaban J connectivity index is 1.81. The van der Waals surface area contributed by atoms with Gasteiger partial charge in [0.2, 0.25) is 6.29 Å². The quantitative estimate of drug-likeness (QED) is 0.531. The smallest absolute Gasteiger partial charge is 0.218 e. The van der Waals surface area contributed by atoms with E-state index in [1.807, 2.05) is 0 Å². The average Bonchev–Trinajstić information content (AvgIpc) is 2.89. The predicted octanol–water partition coefficient (Wildman–Crippen LogP) is 0.749. The number of carbonyl (C=O) groups is 1. The van der Waals surface area contributed by atoms with Gasteiger partial charge in [-0.15, -0.1) is 0 Å². The van der Waals surface area contributed by atoms with Gasteiger partial charge in [0.05, 0.1) is 12.7 Å². The minimum Gasteiger partial charge on any atom is -0.343 e. The highest BCUT2D eigenvalue weighted by molar-refractivity contribution is 5.87. The molecule has 0 spiro atoms. The number of hydrogen-bond donors (Lipinski definition) is 0. The van der Waals surface area contributed by atoms with Gasteiger partial charge >= 0.3 is 0 Å². The lowest BCUT2D eigenvalue weighted by Gasteiger charge is -2.34. The summed E-state index contributed by atoms with van der Waals surface area (Å²) in [6, 6.07) is 0. The van der Waals surface area contributed by atoms with Crippen LogP contribution in [0.2, 0.25) is 0 Å². The van der Waals surface area contributed by atoms with Gasteiger partial charge in [-0.25, -0.2) is 0 Å². The van der Waals surface area contributed by atoms with E-state index < -0.39 is 6.29 Å². The van der Waals surface area contributed by atoms with E-state index in [1.165, 1.54) is 0 Å². The first-order valence-corrected chi connectivity index (χ1v) is 5.34. The normalized spacial score (nSPS) is 58.1. The van der Waals surface area contributed by atoms with Crippen LogP contribution in [0.4, 0.5) is 0 Å². The van der Waals surface area contributed by atoms with E-state index in [-0.39, 0.29) is 17.8 Å². The van der Waals surface area contributed by atoms with E-state index in [0.29, 0.717) is 24.4 Å². The van der Waals surface area contributed by atoms with Crippen molar-refractivity contribution in [2.24, 2.45) is 23.7 Å². The first kappa shape index (κ1) is 7.60. The third-order valence-electron chi connectivity index (χ3n) is 4.22. The summed E-state index contributed by atoms with van der Waals surface area (Å²) in [5.41, 5.74) is 0. The Hall–Kier alpha value is -0.670. The molecular weight excluding hydrogens is 180 g/mol. The van der Waals surface area contributed by atoms with Crippen LogP contribution in [0.5, 0.6) is 0 Å². The topological polar surface area (TPSA) is 35.5 Å². The zero-order valence-corrected chi connectivity index (χ0v) is 7.76. The molecule has 2 saturated heterocycles. The Morgan fingerprint density at radius 1 is 1.29 bits per heavy atom. The third kappa shape index (κ3) is 0.708. The molecule has 14 heavy (non-hydrogen) atoms. The van der Waals surface area contributed by atoms with E-state index in [0.717, 1.165) is 6.42 Å². The highest BCUT2D eigenvalue weighted by Gasteiger charge is 2.59. The number of Topliss-reactive ketones (excluding diaryl/α,β-unsaturated/α-hetero) is 1. The molecule has 0 radical (unpaired) electrons. The predicted molar refractivity (Wildman–Crippen MR) is 47.3 cm³/mol. The van der Waals surface area contributed by atoms with Crippen LogP contribution in [0.1, 0.15) is 6.42 Å².